The molecule has 0 saturated heterocycles. The van der Waals surface area contributed by atoms with Crippen molar-refractivity contribution in [3.05, 3.63) is 33.8 Å². The van der Waals surface area contributed by atoms with E-state index < -0.39 is 0 Å². The predicted molar refractivity (Wildman–Crippen MR) is 83.8 cm³/mol. The van der Waals surface area contributed by atoms with E-state index in [9.17, 15) is 4.79 Å². The highest BCUT2D eigenvalue weighted by Crippen LogP contribution is 2.23. The van der Waals surface area contributed by atoms with Crippen molar-refractivity contribution in [3.63, 3.8) is 0 Å². The molecule has 0 spiro atoms. The fourth-order valence-electron chi connectivity index (χ4n) is 2.22. The Morgan fingerprint density at radius 1 is 1.30 bits per heavy atom. The van der Waals surface area contributed by atoms with Crippen molar-refractivity contribution < 1.29 is 9.90 Å². The van der Waals surface area contributed by atoms with Crippen molar-refractivity contribution in [2.24, 2.45) is 0 Å². The Bertz CT molecular complexity index is 463. The topological polar surface area (TPSA) is 40.5 Å². The maximum absolute atomic E-state index is 12.6. The number of hydrogen-bond donors (Lipinski definition) is 1. The van der Waals surface area contributed by atoms with Crippen molar-refractivity contribution in [1.82, 2.24) is 4.90 Å². The molecule has 1 aromatic rings. The Labute approximate surface area is 130 Å². The molecule has 1 aromatic carbocycles. The van der Waals surface area contributed by atoms with Crippen molar-refractivity contribution >= 4 is 29.0 Å². The molecule has 0 bridgehead atoms. The number of carbonyl (C=O) groups excluding carboxylic acids is 1. The number of benzene rings is 1. The van der Waals surface area contributed by atoms with Crippen LogP contribution in [-0.4, -0.2) is 41.0 Å². The second-order valence-electron chi connectivity index (χ2n) is 5.07. The fourth-order valence-corrected chi connectivity index (χ4v) is 2.72. The summed E-state index contributed by atoms with van der Waals surface area (Å²) in [6.07, 6.45) is 0.643. The van der Waals surface area contributed by atoms with Gasteiger partial charge in [-0.25, -0.2) is 0 Å². The molecule has 1 atom stereocenters. The average Bonchev–Trinajstić information content (AvgIpc) is 2.37. The Morgan fingerprint density at radius 3 is 2.45 bits per heavy atom. The highest BCUT2D eigenvalue weighted by Gasteiger charge is 2.25. The molecule has 0 amide bonds. The molecule has 0 heterocycles. The normalized spacial score (nSPS) is 13.0. The van der Waals surface area contributed by atoms with E-state index in [0.717, 1.165) is 0 Å². The third-order valence-electron chi connectivity index (χ3n) is 3.31. The Morgan fingerprint density at radius 2 is 1.95 bits per heavy atom. The monoisotopic (exact) mass is 317 g/mol. The fraction of sp³-hybridized carbons (Fsp3) is 0.533. The van der Waals surface area contributed by atoms with Crippen LogP contribution in [0, 0.1) is 0 Å². The van der Waals surface area contributed by atoms with E-state index >= 15 is 0 Å². The van der Waals surface area contributed by atoms with Gasteiger partial charge in [0.25, 0.3) is 0 Å². The van der Waals surface area contributed by atoms with Gasteiger partial charge in [-0.3, -0.25) is 9.69 Å². The van der Waals surface area contributed by atoms with E-state index in [2.05, 4.69) is 4.90 Å². The van der Waals surface area contributed by atoms with Crippen LogP contribution in [0.3, 0.4) is 0 Å². The van der Waals surface area contributed by atoms with Crippen LogP contribution in [0.2, 0.25) is 10.0 Å². The van der Waals surface area contributed by atoms with E-state index in [1.165, 1.54) is 0 Å². The molecule has 0 aromatic heterocycles. The van der Waals surface area contributed by atoms with Gasteiger partial charge in [0, 0.05) is 29.8 Å². The first kappa shape index (κ1) is 17.4. The predicted octanol–water partition coefficient (Wildman–Crippen LogP) is 3.66. The van der Waals surface area contributed by atoms with Crippen LogP contribution in [0.1, 0.15) is 37.6 Å². The minimum atomic E-state index is -0.291. The lowest BCUT2D eigenvalue weighted by Crippen LogP contribution is -2.44. The third-order valence-corrected chi connectivity index (χ3v) is 3.86. The number of halogens is 2. The number of nitrogens with zero attached hydrogens (tertiary/aromatic N) is 1. The van der Waals surface area contributed by atoms with Gasteiger partial charge >= 0.3 is 0 Å². The van der Waals surface area contributed by atoms with Gasteiger partial charge in [0.05, 0.1) is 11.1 Å². The van der Waals surface area contributed by atoms with Gasteiger partial charge in [0.2, 0.25) is 0 Å². The van der Waals surface area contributed by atoms with E-state index in [4.69, 9.17) is 28.3 Å². The number of Topliss-reactive ketones (excluding diaryl/α,β-unsaturated/α-hetero) is 1. The summed E-state index contributed by atoms with van der Waals surface area (Å²) in [5.74, 6) is -0.0293. The Balaban J connectivity index is 2.93. The molecule has 5 heteroatoms. The highest BCUT2D eigenvalue weighted by molar-refractivity contribution is 6.37. The van der Waals surface area contributed by atoms with Gasteiger partial charge in [-0.05, 0) is 45.4 Å². The molecule has 20 heavy (non-hydrogen) atoms. The van der Waals surface area contributed by atoms with Crippen LogP contribution in [0.15, 0.2) is 18.2 Å². The van der Waals surface area contributed by atoms with Crippen LogP contribution in [0.4, 0.5) is 0 Å². The first-order valence-corrected chi connectivity index (χ1v) is 7.50. The lowest BCUT2D eigenvalue weighted by atomic mass is 10.0. The first-order chi connectivity index (χ1) is 9.38. The molecule has 0 aliphatic carbocycles. The van der Waals surface area contributed by atoms with E-state index in [1.807, 2.05) is 20.8 Å². The lowest BCUT2D eigenvalue weighted by molar-refractivity contribution is 0.0772. The summed E-state index contributed by atoms with van der Waals surface area (Å²) in [7, 11) is 0. The number of aliphatic hydroxyl groups excluding tert-OH is 1. The van der Waals surface area contributed by atoms with Crippen molar-refractivity contribution in [1.29, 1.82) is 0 Å². The maximum Gasteiger partial charge on any atom is 0.181 e. The summed E-state index contributed by atoms with van der Waals surface area (Å²) in [6, 6.07) is 4.83. The van der Waals surface area contributed by atoms with E-state index in [1.54, 1.807) is 18.2 Å². The number of ketones is 1. The standard InChI is InChI=1S/C15H21Cl2NO2/c1-10(2)18(7-4-8-19)11(3)15(20)13-6-5-12(16)9-14(13)17/h5-6,9-11,19H,4,7-8H2,1-3H3. The second kappa shape index (κ2) is 7.99. The summed E-state index contributed by atoms with van der Waals surface area (Å²) in [4.78, 5) is 14.6. The van der Waals surface area contributed by atoms with Crippen LogP contribution in [0.5, 0.6) is 0 Å². The zero-order valence-electron chi connectivity index (χ0n) is 12.1. The zero-order chi connectivity index (χ0) is 15.3. The number of carbonyl (C=O) groups is 1. The van der Waals surface area contributed by atoms with Gasteiger partial charge in [-0.1, -0.05) is 23.2 Å². The molecule has 0 radical (unpaired) electrons. The summed E-state index contributed by atoms with van der Waals surface area (Å²) in [6.45, 7) is 6.72. The highest BCUT2D eigenvalue weighted by atomic mass is 35.5. The first-order valence-electron chi connectivity index (χ1n) is 6.74. The van der Waals surface area contributed by atoms with Gasteiger partial charge < -0.3 is 5.11 Å². The van der Waals surface area contributed by atoms with Gasteiger partial charge in [0.1, 0.15) is 0 Å². The minimum Gasteiger partial charge on any atom is -0.396 e. The second-order valence-corrected chi connectivity index (χ2v) is 5.92. The molecule has 1 rings (SSSR count). The molecule has 0 fully saturated rings. The van der Waals surface area contributed by atoms with Gasteiger partial charge in [-0.15, -0.1) is 0 Å². The quantitative estimate of drug-likeness (QED) is 0.780. The van der Waals surface area contributed by atoms with Gasteiger partial charge in [-0.2, -0.15) is 0 Å². The largest absolute Gasteiger partial charge is 0.396 e. The molecule has 0 aliphatic rings. The molecule has 112 valence electrons. The van der Waals surface area contributed by atoms with Crippen molar-refractivity contribution in [2.75, 3.05) is 13.2 Å². The van der Waals surface area contributed by atoms with Crippen LogP contribution < -0.4 is 0 Å². The van der Waals surface area contributed by atoms with Crippen LogP contribution in [-0.2, 0) is 0 Å². The smallest absolute Gasteiger partial charge is 0.181 e. The minimum absolute atomic E-state index is 0.0293. The summed E-state index contributed by atoms with van der Waals surface area (Å²) in [5, 5.41) is 9.85. The average molecular weight is 318 g/mol. The number of hydrogen-bond acceptors (Lipinski definition) is 3. The molecule has 0 saturated carbocycles. The van der Waals surface area contributed by atoms with Crippen molar-refractivity contribution in [2.45, 2.75) is 39.3 Å². The maximum atomic E-state index is 12.6. The summed E-state index contributed by atoms with van der Waals surface area (Å²) in [5.41, 5.74) is 0.484. The molecule has 1 N–H and O–H groups in total. The summed E-state index contributed by atoms with van der Waals surface area (Å²) >= 11 is 11.9. The lowest BCUT2D eigenvalue weighted by Gasteiger charge is -2.31. The van der Waals surface area contributed by atoms with Crippen LogP contribution in [0.25, 0.3) is 0 Å². The molecule has 3 nitrogen and oxygen atoms in total. The number of rotatable bonds is 7. The third kappa shape index (κ3) is 4.45. The van der Waals surface area contributed by atoms with Gasteiger partial charge in [0.15, 0.2) is 5.78 Å². The molecular formula is C15H21Cl2NO2. The molecular weight excluding hydrogens is 297 g/mol. The summed E-state index contributed by atoms with van der Waals surface area (Å²) < 4.78 is 0. The van der Waals surface area contributed by atoms with Crippen molar-refractivity contribution in [3.8, 4) is 0 Å². The molecule has 1 unspecified atom stereocenters. The Hall–Kier alpha value is -0.610. The van der Waals surface area contributed by atoms with E-state index in [-0.39, 0.29) is 24.5 Å². The Kier molecular flexibility index (Phi) is 6.96. The number of aliphatic hydroxyl groups is 1. The zero-order valence-corrected chi connectivity index (χ0v) is 13.6. The van der Waals surface area contributed by atoms with Crippen LogP contribution >= 0.6 is 23.2 Å². The SMILES string of the molecule is CC(C)N(CCCO)C(C)C(=O)c1ccc(Cl)cc1Cl. The van der Waals surface area contributed by atoms with E-state index in [0.29, 0.717) is 28.6 Å². The molecule has 0 aliphatic heterocycles.